The van der Waals surface area contributed by atoms with Gasteiger partial charge in [-0.2, -0.15) is 5.48 Å². The van der Waals surface area contributed by atoms with Crippen molar-refractivity contribution in [2.24, 2.45) is 29.1 Å². The number of rotatable bonds is 17. The van der Waals surface area contributed by atoms with E-state index < -0.39 is 6.17 Å². The predicted molar refractivity (Wildman–Crippen MR) is 198 cm³/mol. The number of carbonyl (C=O) groups excluding carboxylic acids is 1. The number of alkyl halides is 1. The summed E-state index contributed by atoms with van der Waals surface area (Å²) < 4.78 is 24.8. The van der Waals surface area contributed by atoms with Crippen LogP contribution in [0.2, 0.25) is 0 Å². The fourth-order valence-corrected chi connectivity index (χ4v) is 6.01. The van der Waals surface area contributed by atoms with E-state index in [-0.39, 0.29) is 69.1 Å². The SMILES string of the molecule is C.CC.COc1ccc2nc(CCCCC[C@@H]3C[C@@H]3C(F)C(C)C)c(=O)[nH]c2c1.C[C@@H]1CCN(COC[C@@H](NOCO)C(C)(C)C)[C@@H]1[C-]=O.[HH].[V]. The van der Waals surface area contributed by atoms with E-state index in [1.165, 1.54) is 0 Å². The van der Waals surface area contributed by atoms with Gasteiger partial charge >= 0.3 is 0 Å². The number of hydrogen-bond acceptors (Lipinski definition) is 9. The zero-order valence-electron chi connectivity index (χ0n) is 31.3. The number of benzene rings is 1. The molecule has 1 aliphatic carbocycles. The Morgan fingerprint density at radius 1 is 1.22 bits per heavy atom. The Labute approximate surface area is 314 Å². The van der Waals surface area contributed by atoms with Crippen LogP contribution < -0.4 is 15.8 Å². The van der Waals surface area contributed by atoms with Crippen molar-refractivity contribution in [2.45, 2.75) is 126 Å². The Morgan fingerprint density at radius 2 is 1.92 bits per heavy atom. The van der Waals surface area contributed by atoms with E-state index in [9.17, 15) is 14.0 Å². The number of aromatic nitrogens is 2. The second kappa shape index (κ2) is 24.4. The number of aromatic amines is 1. The van der Waals surface area contributed by atoms with E-state index in [4.69, 9.17) is 19.4 Å². The van der Waals surface area contributed by atoms with Gasteiger partial charge in [0, 0.05) is 26.0 Å². The second-order valence-electron chi connectivity index (χ2n) is 14.3. The van der Waals surface area contributed by atoms with Crippen molar-refractivity contribution in [3.8, 4) is 5.75 Å². The Kier molecular flexibility index (Phi) is 23.5. The number of halogens is 1. The zero-order chi connectivity index (χ0) is 35.9. The van der Waals surface area contributed by atoms with Crippen LogP contribution >= 0.6 is 0 Å². The molecule has 50 heavy (non-hydrogen) atoms. The maximum atomic E-state index is 13.9. The van der Waals surface area contributed by atoms with E-state index in [1.807, 2.05) is 44.7 Å². The maximum absolute atomic E-state index is 13.9. The fourth-order valence-electron chi connectivity index (χ4n) is 6.01. The standard InChI is InChI=1S/C21H29FN2O2.C14H27N2O4.C2H6.CH4.V.H2/c1-13(2)20(22)16-11-14(16)7-5-4-6-8-18-21(25)24-19-12-15(26-3)9-10-17(19)23-18;1-11-5-6-16(12(11)7-17)9-19-8-13(14(2,3)4)15-20-10-18;1-2;;;/h9-10,12-14,16,20H,4-8,11H2,1-3H3,(H,24,25);11-13,15,18H,5-6,8-10H2,1-4H3;1-2H3;1H4;;1H/q;-1;;;;/t14-,16+,20?;11-,12-,13-;;;;/m11..../s1. The summed E-state index contributed by atoms with van der Waals surface area (Å²) in [6.45, 7) is 17.5. The van der Waals surface area contributed by atoms with Crippen LogP contribution in [-0.2, 0) is 39.3 Å². The number of hydrogen-bond donors (Lipinski definition) is 3. The summed E-state index contributed by atoms with van der Waals surface area (Å²) in [7, 11) is 1.60. The second-order valence-corrected chi connectivity index (χ2v) is 14.3. The molecule has 12 heteroatoms. The van der Waals surface area contributed by atoms with Gasteiger partial charge in [-0.1, -0.05) is 94.0 Å². The van der Waals surface area contributed by atoms with Gasteiger partial charge in [-0.05, 0) is 67.5 Å². The van der Waals surface area contributed by atoms with Crippen LogP contribution in [0.4, 0.5) is 4.39 Å². The maximum Gasteiger partial charge on any atom is 0.270 e. The molecule has 1 radical (unpaired) electrons. The van der Waals surface area contributed by atoms with Gasteiger partial charge in [-0.3, -0.25) is 9.63 Å². The van der Waals surface area contributed by atoms with Crippen LogP contribution in [0, 0.1) is 29.1 Å². The number of aryl methyl sites for hydroxylation is 1. The molecular formula is C38H68FN4O6V-. The van der Waals surface area contributed by atoms with Crippen molar-refractivity contribution in [3.05, 3.63) is 34.2 Å². The van der Waals surface area contributed by atoms with Gasteiger partial charge in [-0.25, -0.2) is 15.7 Å². The molecule has 2 aliphatic rings. The van der Waals surface area contributed by atoms with E-state index in [2.05, 4.69) is 49.4 Å². The number of methoxy groups -OCH3 is 1. The van der Waals surface area contributed by atoms with Gasteiger partial charge in [-0.15, -0.1) is 0 Å². The molecule has 2 fully saturated rings. The molecule has 2 aromatic rings. The average molecular weight is 747 g/mol. The van der Waals surface area contributed by atoms with E-state index in [0.717, 1.165) is 50.6 Å². The number of unbranched alkanes of at least 4 members (excludes halogenated alkanes) is 2. The third kappa shape index (κ3) is 15.4. The van der Waals surface area contributed by atoms with Gasteiger partial charge in [0.2, 0.25) is 0 Å². The summed E-state index contributed by atoms with van der Waals surface area (Å²) in [4.78, 5) is 37.4. The molecule has 0 spiro atoms. The molecule has 6 atom stereocenters. The normalized spacial score (nSPS) is 21.1. The first kappa shape index (κ1) is 48.1. The summed E-state index contributed by atoms with van der Waals surface area (Å²) in [5, 5.41) is 8.70. The molecule has 1 aliphatic heterocycles. The summed E-state index contributed by atoms with van der Waals surface area (Å²) in [5.41, 5.74) is 4.68. The van der Waals surface area contributed by atoms with Gasteiger partial charge in [0.1, 0.15) is 17.6 Å². The Balaban J connectivity index is 0. The Bertz CT molecular complexity index is 1280. The van der Waals surface area contributed by atoms with E-state index in [1.54, 1.807) is 13.2 Å². The average Bonchev–Trinajstić information content (AvgIpc) is 3.75. The number of hydroxylamine groups is 1. The van der Waals surface area contributed by atoms with E-state index >= 15 is 0 Å². The summed E-state index contributed by atoms with van der Waals surface area (Å²) in [6, 6.07) is 5.29. The molecule has 10 nitrogen and oxygen atoms in total. The Hall–Kier alpha value is -1.86. The topological polar surface area (TPSA) is 126 Å². The van der Waals surface area contributed by atoms with E-state index in [0.29, 0.717) is 48.6 Å². The Morgan fingerprint density at radius 3 is 2.52 bits per heavy atom. The molecule has 1 saturated heterocycles. The molecule has 1 saturated carbocycles. The van der Waals surface area contributed by atoms with Gasteiger partial charge in [0.05, 0.1) is 37.5 Å². The van der Waals surface area contributed by atoms with Crippen molar-refractivity contribution in [1.29, 1.82) is 0 Å². The smallest absolute Gasteiger partial charge is 0.270 e. The van der Waals surface area contributed by atoms with Crippen LogP contribution in [0.15, 0.2) is 23.0 Å². The number of aliphatic hydroxyl groups excluding tert-OH is 1. The molecule has 1 aromatic heterocycles. The van der Waals surface area contributed by atoms with Gasteiger partial charge in [0.15, 0.2) is 6.79 Å². The number of nitrogens with one attached hydrogen (secondary N) is 2. The third-order valence-electron chi connectivity index (χ3n) is 9.28. The molecule has 0 amide bonds. The molecule has 4 rings (SSSR count). The molecule has 289 valence electrons. The quantitative estimate of drug-likeness (QED) is 0.0665. The van der Waals surface area contributed by atoms with Crippen LogP contribution in [0.25, 0.3) is 11.0 Å². The number of likely N-dealkylation sites (tertiary alicyclic amines) is 1. The van der Waals surface area contributed by atoms with Crippen LogP contribution in [-0.4, -0.2) is 78.3 Å². The number of ether oxygens (including phenoxy) is 2. The van der Waals surface area contributed by atoms with Crippen LogP contribution in [0.1, 0.15) is 108 Å². The molecule has 1 aromatic carbocycles. The van der Waals surface area contributed by atoms with Gasteiger partial charge in [0.25, 0.3) is 5.56 Å². The molecular weight excluding hydrogens is 678 g/mol. The summed E-state index contributed by atoms with van der Waals surface area (Å²) in [5.74, 6) is 2.04. The number of fused-ring (bicyclic) bond motifs is 1. The summed E-state index contributed by atoms with van der Waals surface area (Å²) in [6.07, 6.45) is 8.40. The number of aliphatic hydroxyl groups is 1. The van der Waals surface area contributed by atoms with Crippen molar-refractivity contribution in [3.63, 3.8) is 0 Å². The first-order valence-electron chi connectivity index (χ1n) is 17.8. The predicted octanol–water partition coefficient (Wildman–Crippen LogP) is 7.24. The van der Waals surface area contributed by atoms with Crippen molar-refractivity contribution in [1.82, 2.24) is 20.3 Å². The third-order valence-corrected chi connectivity index (χ3v) is 9.28. The van der Waals surface area contributed by atoms with Crippen LogP contribution in [0.3, 0.4) is 0 Å². The minimum atomic E-state index is -0.640. The molecule has 0 bridgehead atoms. The van der Waals surface area contributed by atoms with Gasteiger partial charge < -0.3 is 29.3 Å². The fraction of sp³-hybridized carbons (Fsp3) is 0.763. The summed E-state index contributed by atoms with van der Waals surface area (Å²) >= 11 is 0. The zero-order valence-corrected chi connectivity index (χ0v) is 32.7. The number of H-pyrrole nitrogens is 1. The van der Waals surface area contributed by atoms with Crippen LogP contribution in [0.5, 0.6) is 5.75 Å². The monoisotopic (exact) mass is 746 g/mol. The molecule has 2 heterocycles. The minimum Gasteiger partial charge on any atom is -0.540 e. The number of nitrogens with zero attached hydrogens (tertiary/aromatic N) is 2. The minimum absolute atomic E-state index is 0. The first-order valence-corrected chi connectivity index (χ1v) is 17.8. The van der Waals surface area contributed by atoms with Crippen molar-refractivity contribution < 1.29 is 48.6 Å². The van der Waals surface area contributed by atoms with Crippen molar-refractivity contribution >= 4 is 17.3 Å². The first-order chi connectivity index (χ1) is 22.9. The molecule has 1 unspecified atom stereocenters. The molecule has 3 N–H and O–H groups in total. The largest absolute Gasteiger partial charge is 0.540 e. The van der Waals surface area contributed by atoms with Crippen molar-refractivity contribution in [2.75, 3.05) is 33.8 Å².